The molecule has 0 spiro atoms. The quantitative estimate of drug-likeness (QED) is 0.729. The van der Waals surface area contributed by atoms with Gasteiger partial charge in [0.1, 0.15) is 0 Å². The van der Waals surface area contributed by atoms with Crippen molar-refractivity contribution in [2.45, 2.75) is 13.5 Å². The Morgan fingerprint density at radius 1 is 1.36 bits per heavy atom. The lowest BCUT2D eigenvalue weighted by molar-refractivity contribution is 0.688. The largest absolute Gasteiger partial charge is 0.398 e. The number of nitrogen functional groups attached to an aromatic ring is 1. The van der Waals surface area contributed by atoms with Crippen LogP contribution in [0.3, 0.4) is 0 Å². The van der Waals surface area contributed by atoms with E-state index in [-0.39, 0.29) is 0 Å². The average Bonchev–Trinajstić information content (AvgIpc) is 2.56. The van der Waals surface area contributed by atoms with Gasteiger partial charge in [0.2, 0.25) is 0 Å². The first-order chi connectivity index (χ1) is 6.75. The van der Waals surface area contributed by atoms with Crippen LogP contribution in [0.4, 0.5) is 5.69 Å². The summed E-state index contributed by atoms with van der Waals surface area (Å²) in [5, 5.41) is 4.21. The van der Waals surface area contributed by atoms with Gasteiger partial charge in [-0.05, 0) is 24.1 Å². The molecular formula is C11H13N3. The van der Waals surface area contributed by atoms with E-state index in [9.17, 15) is 0 Å². The van der Waals surface area contributed by atoms with Crippen LogP contribution in [-0.4, -0.2) is 9.78 Å². The summed E-state index contributed by atoms with van der Waals surface area (Å²) in [4.78, 5) is 0. The smallest absolute Gasteiger partial charge is 0.0679 e. The molecule has 0 saturated carbocycles. The van der Waals surface area contributed by atoms with Crippen molar-refractivity contribution in [3.63, 3.8) is 0 Å². The second-order valence-electron chi connectivity index (χ2n) is 3.41. The summed E-state index contributed by atoms with van der Waals surface area (Å²) in [5.41, 5.74) is 8.93. The highest BCUT2D eigenvalue weighted by atomic mass is 15.3. The van der Waals surface area contributed by atoms with E-state index < -0.39 is 0 Å². The Hall–Kier alpha value is -1.77. The molecule has 3 nitrogen and oxygen atoms in total. The van der Waals surface area contributed by atoms with Crippen LogP contribution >= 0.6 is 0 Å². The minimum absolute atomic E-state index is 0.737. The van der Waals surface area contributed by atoms with Gasteiger partial charge in [-0.15, -0.1) is 0 Å². The van der Waals surface area contributed by atoms with Crippen LogP contribution in [0.25, 0.3) is 0 Å². The second-order valence-corrected chi connectivity index (χ2v) is 3.41. The van der Waals surface area contributed by atoms with Gasteiger partial charge < -0.3 is 5.73 Å². The third-order valence-electron chi connectivity index (χ3n) is 2.15. The molecule has 2 rings (SSSR count). The molecule has 2 aromatic rings. The van der Waals surface area contributed by atoms with Gasteiger partial charge in [0, 0.05) is 11.9 Å². The van der Waals surface area contributed by atoms with Crippen molar-refractivity contribution in [1.29, 1.82) is 0 Å². The van der Waals surface area contributed by atoms with E-state index in [0.717, 1.165) is 17.8 Å². The average molecular weight is 187 g/mol. The topological polar surface area (TPSA) is 43.8 Å². The molecule has 0 amide bonds. The predicted octanol–water partition coefficient (Wildman–Crippen LogP) is 1.82. The Morgan fingerprint density at radius 2 is 2.14 bits per heavy atom. The Labute approximate surface area is 83.2 Å². The van der Waals surface area contributed by atoms with Gasteiger partial charge in [-0.25, -0.2) is 0 Å². The van der Waals surface area contributed by atoms with Gasteiger partial charge in [-0.3, -0.25) is 4.68 Å². The van der Waals surface area contributed by atoms with E-state index in [0.29, 0.717) is 0 Å². The number of nitrogens with zero attached hydrogens (tertiary/aromatic N) is 2. The van der Waals surface area contributed by atoms with Gasteiger partial charge in [0.15, 0.2) is 0 Å². The van der Waals surface area contributed by atoms with Crippen molar-refractivity contribution in [3.8, 4) is 0 Å². The fraction of sp³-hybridized carbons (Fsp3) is 0.182. The molecule has 14 heavy (non-hydrogen) atoms. The van der Waals surface area contributed by atoms with Gasteiger partial charge in [0.25, 0.3) is 0 Å². The lowest BCUT2D eigenvalue weighted by Crippen LogP contribution is -2.02. The first kappa shape index (κ1) is 8.81. The number of anilines is 1. The van der Waals surface area contributed by atoms with Crippen LogP contribution in [-0.2, 0) is 6.54 Å². The van der Waals surface area contributed by atoms with E-state index in [1.807, 2.05) is 48.3 Å². The number of para-hydroxylation sites is 1. The first-order valence-electron chi connectivity index (χ1n) is 4.58. The molecule has 0 aliphatic carbocycles. The summed E-state index contributed by atoms with van der Waals surface area (Å²) in [6.07, 6.45) is 3.85. The Balaban J connectivity index is 2.23. The maximum Gasteiger partial charge on any atom is 0.0679 e. The number of aromatic nitrogens is 2. The van der Waals surface area contributed by atoms with Gasteiger partial charge in [0.05, 0.1) is 12.7 Å². The summed E-state index contributed by atoms with van der Waals surface area (Å²) < 4.78 is 1.89. The molecule has 0 saturated heterocycles. The summed E-state index contributed by atoms with van der Waals surface area (Å²) in [5.74, 6) is 0. The third-order valence-corrected chi connectivity index (χ3v) is 2.15. The fourth-order valence-corrected chi connectivity index (χ4v) is 1.41. The molecule has 0 fully saturated rings. The normalized spacial score (nSPS) is 10.4. The molecule has 0 atom stereocenters. The van der Waals surface area contributed by atoms with Crippen molar-refractivity contribution in [2.24, 2.45) is 0 Å². The van der Waals surface area contributed by atoms with Crippen molar-refractivity contribution in [1.82, 2.24) is 9.78 Å². The molecule has 0 bridgehead atoms. The number of hydrogen-bond donors (Lipinski definition) is 1. The van der Waals surface area contributed by atoms with Gasteiger partial charge in [-0.1, -0.05) is 18.2 Å². The number of nitrogens with two attached hydrogens (primary N) is 1. The summed E-state index contributed by atoms with van der Waals surface area (Å²) in [6, 6.07) is 7.85. The lowest BCUT2D eigenvalue weighted by Gasteiger charge is -2.04. The van der Waals surface area contributed by atoms with Gasteiger partial charge >= 0.3 is 0 Å². The molecule has 1 heterocycles. The molecule has 0 aliphatic heterocycles. The zero-order valence-corrected chi connectivity index (χ0v) is 8.14. The molecule has 0 radical (unpaired) electrons. The Bertz CT molecular complexity index is 432. The van der Waals surface area contributed by atoms with Crippen LogP contribution < -0.4 is 5.73 Å². The number of hydrogen-bond acceptors (Lipinski definition) is 2. The van der Waals surface area contributed by atoms with Crippen LogP contribution in [0.2, 0.25) is 0 Å². The highest BCUT2D eigenvalue weighted by Gasteiger charge is 1.99. The Morgan fingerprint density at radius 3 is 2.79 bits per heavy atom. The molecule has 0 unspecified atom stereocenters. The minimum atomic E-state index is 0.737. The van der Waals surface area contributed by atoms with E-state index in [1.165, 1.54) is 5.56 Å². The maximum absolute atomic E-state index is 5.83. The fourth-order valence-electron chi connectivity index (χ4n) is 1.41. The van der Waals surface area contributed by atoms with Gasteiger partial charge in [-0.2, -0.15) is 5.10 Å². The Kier molecular flexibility index (Phi) is 2.23. The second kappa shape index (κ2) is 3.54. The summed E-state index contributed by atoms with van der Waals surface area (Å²) in [7, 11) is 0. The molecule has 1 aromatic heterocycles. The van der Waals surface area contributed by atoms with Crippen molar-refractivity contribution in [2.75, 3.05) is 5.73 Å². The highest BCUT2D eigenvalue weighted by molar-refractivity contribution is 5.46. The minimum Gasteiger partial charge on any atom is -0.398 e. The van der Waals surface area contributed by atoms with Crippen LogP contribution in [0.15, 0.2) is 36.7 Å². The first-order valence-corrected chi connectivity index (χ1v) is 4.58. The zero-order valence-electron chi connectivity index (χ0n) is 8.14. The highest BCUT2D eigenvalue weighted by Crippen LogP contribution is 2.11. The molecule has 0 aliphatic rings. The van der Waals surface area contributed by atoms with Crippen molar-refractivity contribution in [3.05, 3.63) is 47.8 Å². The summed E-state index contributed by atoms with van der Waals surface area (Å²) in [6.45, 7) is 2.76. The number of aryl methyl sites for hydroxylation is 1. The SMILES string of the molecule is Cc1cnn(Cc2ccccc2N)c1. The lowest BCUT2D eigenvalue weighted by atomic mass is 10.2. The van der Waals surface area contributed by atoms with E-state index in [1.54, 1.807) is 0 Å². The third kappa shape index (κ3) is 1.76. The van der Waals surface area contributed by atoms with E-state index >= 15 is 0 Å². The number of benzene rings is 1. The molecular weight excluding hydrogens is 174 g/mol. The molecule has 2 N–H and O–H groups in total. The van der Waals surface area contributed by atoms with Crippen molar-refractivity contribution < 1.29 is 0 Å². The van der Waals surface area contributed by atoms with E-state index in [4.69, 9.17) is 5.73 Å². The molecule has 1 aromatic carbocycles. The monoisotopic (exact) mass is 187 g/mol. The summed E-state index contributed by atoms with van der Waals surface area (Å²) >= 11 is 0. The predicted molar refractivity (Wildman–Crippen MR) is 56.9 cm³/mol. The molecule has 3 heteroatoms. The standard InChI is InChI=1S/C11H13N3/c1-9-6-13-14(7-9)8-10-4-2-3-5-11(10)12/h2-7H,8,12H2,1H3. The maximum atomic E-state index is 5.83. The zero-order chi connectivity index (χ0) is 9.97. The molecule has 72 valence electrons. The van der Waals surface area contributed by atoms with E-state index in [2.05, 4.69) is 5.10 Å². The van der Waals surface area contributed by atoms with Crippen LogP contribution in [0.5, 0.6) is 0 Å². The number of rotatable bonds is 2. The van der Waals surface area contributed by atoms with Crippen LogP contribution in [0, 0.1) is 6.92 Å². The van der Waals surface area contributed by atoms with Crippen molar-refractivity contribution >= 4 is 5.69 Å². The van der Waals surface area contributed by atoms with Crippen LogP contribution in [0.1, 0.15) is 11.1 Å².